The Morgan fingerprint density at radius 3 is 2.19 bits per heavy atom. The van der Waals surface area contributed by atoms with Crippen molar-refractivity contribution in [1.82, 2.24) is 0 Å². The van der Waals surface area contributed by atoms with Gasteiger partial charge >= 0.3 is 11.9 Å². The first-order valence-corrected chi connectivity index (χ1v) is 5.79. The Labute approximate surface area is 96.7 Å². The molecule has 0 aromatic rings. The molecule has 16 heavy (non-hydrogen) atoms. The zero-order valence-electron chi connectivity index (χ0n) is 10.3. The van der Waals surface area contributed by atoms with Crippen LogP contribution in [0.2, 0.25) is 0 Å². The molecule has 0 aliphatic carbocycles. The van der Waals surface area contributed by atoms with Gasteiger partial charge in [0.1, 0.15) is 0 Å². The molecule has 0 aromatic carbocycles. The SMILES string of the molecule is CCCCC(C)(CCC(C)C(=O)O)C(=O)O. The van der Waals surface area contributed by atoms with E-state index >= 15 is 0 Å². The Balaban J connectivity index is 4.33. The van der Waals surface area contributed by atoms with Gasteiger partial charge in [0.25, 0.3) is 0 Å². The zero-order chi connectivity index (χ0) is 12.8. The fourth-order valence-electron chi connectivity index (χ4n) is 1.56. The molecule has 2 N–H and O–H groups in total. The number of hydrogen-bond acceptors (Lipinski definition) is 2. The van der Waals surface area contributed by atoms with Crippen LogP contribution in [0.4, 0.5) is 0 Å². The minimum Gasteiger partial charge on any atom is -0.481 e. The van der Waals surface area contributed by atoms with Gasteiger partial charge in [-0.05, 0) is 26.2 Å². The summed E-state index contributed by atoms with van der Waals surface area (Å²) in [6.45, 7) is 5.34. The Kier molecular flexibility index (Phi) is 6.08. The number of hydrogen-bond donors (Lipinski definition) is 2. The predicted molar refractivity (Wildman–Crippen MR) is 61.3 cm³/mol. The molecular weight excluding hydrogens is 208 g/mol. The second kappa shape index (κ2) is 6.51. The van der Waals surface area contributed by atoms with E-state index in [9.17, 15) is 9.59 Å². The molecule has 0 heterocycles. The number of rotatable bonds is 8. The second-order valence-electron chi connectivity index (χ2n) is 4.75. The molecular formula is C12H22O4. The maximum Gasteiger partial charge on any atom is 0.309 e. The van der Waals surface area contributed by atoms with Gasteiger partial charge in [-0.25, -0.2) is 0 Å². The third kappa shape index (κ3) is 4.64. The molecule has 0 aliphatic rings. The zero-order valence-corrected chi connectivity index (χ0v) is 10.3. The molecule has 0 fully saturated rings. The maximum atomic E-state index is 11.2. The van der Waals surface area contributed by atoms with Gasteiger partial charge in [-0.3, -0.25) is 9.59 Å². The molecule has 4 heteroatoms. The van der Waals surface area contributed by atoms with Crippen LogP contribution in [0.25, 0.3) is 0 Å². The van der Waals surface area contributed by atoms with Crippen molar-refractivity contribution in [2.24, 2.45) is 11.3 Å². The summed E-state index contributed by atoms with van der Waals surface area (Å²) >= 11 is 0. The first-order valence-electron chi connectivity index (χ1n) is 5.79. The van der Waals surface area contributed by atoms with E-state index in [-0.39, 0.29) is 0 Å². The topological polar surface area (TPSA) is 74.6 Å². The molecule has 2 unspecified atom stereocenters. The Hall–Kier alpha value is -1.06. The fraction of sp³-hybridized carbons (Fsp3) is 0.833. The lowest BCUT2D eigenvalue weighted by molar-refractivity contribution is -0.150. The van der Waals surface area contributed by atoms with E-state index in [2.05, 4.69) is 0 Å². The molecule has 2 atom stereocenters. The largest absolute Gasteiger partial charge is 0.481 e. The van der Waals surface area contributed by atoms with Gasteiger partial charge in [0, 0.05) is 0 Å². The lowest BCUT2D eigenvalue weighted by Crippen LogP contribution is -2.28. The number of carboxylic acids is 2. The van der Waals surface area contributed by atoms with Gasteiger partial charge in [0.2, 0.25) is 0 Å². The van der Waals surface area contributed by atoms with Crippen LogP contribution < -0.4 is 0 Å². The molecule has 94 valence electrons. The maximum absolute atomic E-state index is 11.2. The monoisotopic (exact) mass is 230 g/mol. The normalized spacial score (nSPS) is 16.4. The summed E-state index contributed by atoms with van der Waals surface area (Å²) in [4.78, 5) is 21.8. The highest BCUT2D eigenvalue weighted by Gasteiger charge is 2.33. The molecule has 0 amide bonds. The molecule has 4 nitrogen and oxygen atoms in total. The highest BCUT2D eigenvalue weighted by atomic mass is 16.4. The van der Waals surface area contributed by atoms with Gasteiger partial charge in [-0.1, -0.05) is 26.7 Å². The van der Waals surface area contributed by atoms with Gasteiger partial charge in [-0.2, -0.15) is 0 Å². The molecule has 0 aliphatic heterocycles. The summed E-state index contributed by atoms with van der Waals surface area (Å²) in [5, 5.41) is 17.9. The summed E-state index contributed by atoms with van der Waals surface area (Å²) < 4.78 is 0. The van der Waals surface area contributed by atoms with Crippen LogP contribution in [-0.2, 0) is 9.59 Å². The molecule has 0 saturated carbocycles. The second-order valence-corrected chi connectivity index (χ2v) is 4.75. The van der Waals surface area contributed by atoms with Crippen LogP contribution in [0.1, 0.15) is 52.9 Å². The van der Waals surface area contributed by atoms with E-state index in [0.717, 1.165) is 12.8 Å². The minimum absolute atomic E-state index is 0.418. The number of carboxylic acid groups (broad SMARTS) is 2. The third-order valence-electron chi connectivity index (χ3n) is 3.15. The fourth-order valence-corrected chi connectivity index (χ4v) is 1.56. The standard InChI is InChI=1S/C12H22O4/c1-4-5-7-12(3,11(15)16)8-6-9(2)10(13)14/h9H,4-8H2,1-3H3,(H,13,14)(H,15,16). The highest BCUT2D eigenvalue weighted by Crippen LogP contribution is 2.31. The van der Waals surface area contributed by atoms with Crippen molar-refractivity contribution in [3.8, 4) is 0 Å². The number of unbranched alkanes of at least 4 members (excludes halogenated alkanes) is 1. The van der Waals surface area contributed by atoms with Crippen molar-refractivity contribution in [1.29, 1.82) is 0 Å². The quantitative estimate of drug-likeness (QED) is 0.672. The number of aliphatic carboxylic acids is 2. The van der Waals surface area contributed by atoms with E-state index in [1.54, 1.807) is 13.8 Å². The van der Waals surface area contributed by atoms with Crippen LogP contribution in [-0.4, -0.2) is 22.2 Å². The third-order valence-corrected chi connectivity index (χ3v) is 3.15. The van der Waals surface area contributed by atoms with E-state index in [1.807, 2.05) is 6.92 Å². The van der Waals surface area contributed by atoms with E-state index < -0.39 is 23.3 Å². The molecule has 0 radical (unpaired) electrons. The predicted octanol–water partition coefficient (Wildman–Crippen LogP) is 2.77. The van der Waals surface area contributed by atoms with Crippen LogP contribution in [0.3, 0.4) is 0 Å². The molecule has 0 bridgehead atoms. The Bertz CT molecular complexity index is 249. The average molecular weight is 230 g/mol. The van der Waals surface area contributed by atoms with Crippen LogP contribution in [0.15, 0.2) is 0 Å². The summed E-state index contributed by atoms with van der Waals surface area (Å²) in [6, 6.07) is 0. The van der Waals surface area contributed by atoms with Crippen LogP contribution >= 0.6 is 0 Å². The van der Waals surface area contributed by atoms with Gasteiger partial charge in [-0.15, -0.1) is 0 Å². The highest BCUT2D eigenvalue weighted by molar-refractivity contribution is 5.74. The minimum atomic E-state index is -0.858. The average Bonchev–Trinajstić information content (AvgIpc) is 2.22. The lowest BCUT2D eigenvalue weighted by atomic mass is 9.79. The molecule has 0 spiro atoms. The van der Waals surface area contributed by atoms with Crippen molar-refractivity contribution in [2.45, 2.75) is 52.9 Å². The van der Waals surface area contributed by atoms with Crippen molar-refractivity contribution < 1.29 is 19.8 Å². The summed E-state index contributed by atoms with van der Waals surface area (Å²) in [5.41, 5.74) is -0.778. The summed E-state index contributed by atoms with van der Waals surface area (Å²) in [5.74, 6) is -2.15. The first kappa shape index (κ1) is 14.9. The van der Waals surface area contributed by atoms with Crippen LogP contribution in [0, 0.1) is 11.3 Å². The summed E-state index contributed by atoms with van der Waals surface area (Å²) in [7, 11) is 0. The van der Waals surface area contributed by atoms with Gasteiger partial charge in [0.05, 0.1) is 11.3 Å². The number of carbonyl (C=O) groups is 2. The van der Waals surface area contributed by atoms with Crippen molar-refractivity contribution in [3.05, 3.63) is 0 Å². The smallest absolute Gasteiger partial charge is 0.309 e. The van der Waals surface area contributed by atoms with Gasteiger partial charge in [0.15, 0.2) is 0 Å². The van der Waals surface area contributed by atoms with Crippen molar-refractivity contribution >= 4 is 11.9 Å². The molecule has 0 aromatic heterocycles. The van der Waals surface area contributed by atoms with E-state index in [0.29, 0.717) is 19.3 Å². The Morgan fingerprint density at radius 2 is 1.81 bits per heavy atom. The van der Waals surface area contributed by atoms with Gasteiger partial charge < -0.3 is 10.2 Å². The van der Waals surface area contributed by atoms with Crippen molar-refractivity contribution in [2.75, 3.05) is 0 Å². The summed E-state index contributed by atoms with van der Waals surface area (Å²) in [6.07, 6.45) is 3.28. The molecule has 0 rings (SSSR count). The van der Waals surface area contributed by atoms with E-state index in [4.69, 9.17) is 10.2 Å². The molecule has 0 saturated heterocycles. The van der Waals surface area contributed by atoms with Crippen LogP contribution in [0.5, 0.6) is 0 Å². The van der Waals surface area contributed by atoms with Crippen molar-refractivity contribution in [3.63, 3.8) is 0 Å². The lowest BCUT2D eigenvalue weighted by Gasteiger charge is -2.25. The Morgan fingerprint density at radius 1 is 1.25 bits per heavy atom. The van der Waals surface area contributed by atoms with E-state index in [1.165, 1.54) is 0 Å². The first-order chi connectivity index (χ1) is 7.33.